The Labute approximate surface area is 173 Å². The zero-order chi connectivity index (χ0) is 20.5. The molecule has 1 amide bonds. The fraction of sp³-hybridized carbons (Fsp3) is 0.0909. The molecule has 7 heteroatoms. The standard InChI is InChI=1S/C22H18ClNO5/c23-16-6-10-18(11-7-16)27-15-22(26)28-14-21(25)24-17-8-12-20(13-9-17)29-19-4-2-1-3-5-19/h1-13H,14-15H2,(H,24,25). The number of esters is 1. The lowest BCUT2D eigenvalue weighted by Crippen LogP contribution is -2.23. The van der Waals surface area contributed by atoms with E-state index in [9.17, 15) is 9.59 Å². The molecule has 0 aliphatic carbocycles. The number of ether oxygens (including phenoxy) is 3. The molecule has 6 nitrogen and oxygen atoms in total. The first-order valence-corrected chi connectivity index (χ1v) is 9.13. The van der Waals surface area contributed by atoms with Gasteiger partial charge in [-0.1, -0.05) is 29.8 Å². The van der Waals surface area contributed by atoms with E-state index in [4.69, 9.17) is 25.8 Å². The normalized spacial score (nSPS) is 10.1. The van der Waals surface area contributed by atoms with Crippen LogP contribution in [0.4, 0.5) is 5.69 Å². The summed E-state index contributed by atoms with van der Waals surface area (Å²) in [6.45, 7) is -0.717. The highest BCUT2D eigenvalue weighted by molar-refractivity contribution is 6.30. The van der Waals surface area contributed by atoms with Crippen molar-refractivity contribution in [2.45, 2.75) is 0 Å². The van der Waals surface area contributed by atoms with Crippen LogP contribution in [-0.2, 0) is 14.3 Å². The molecule has 0 spiro atoms. The summed E-state index contributed by atoms with van der Waals surface area (Å²) in [5.41, 5.74) is 0.559. The zero-order valence-corrected chi connectivity index (χ0v) is 16.1. The number of hydrogen-bond donors (Lipinski definition) is 1. The molecule has 0 saturated carbocycles. The number of rotatable bonds is 8. The molecule has 0 saturated heterocycles. The molecular formula is C22H18ClNO5. The van der Waals surface area contributed by atoms with Gasteiger partial charge in [0.2, 0.25) is 0 Å². The van der Waals surface area contributed by atoms with E-state index in [-0.39, 0.29) is 6.61 Å². The number of para-hydroxylation sites is 1. The second kappa shape index (κ2) is 10.1. The monoisotopic (exact) mass is 411 g/mol. The van der Waals surface area contributed by atoms with Crippen molar-refractivity contribution in [1.29, 1.82) is 0 Å². The summed E-state index contributed by atoms with van der Waals surface area (Å²) in [5, 5.41) is 3.21. The first-order chi connectivity index (χ1) is 14.1. The van der Waals surface area contributed by atoms with E-state index in [1.54, 1.807) is 48.5 Å². The van der Waals surface area contributed by atoms with Gasteiger partial charge in [0, 0.05) is 10.7 Å². The van der Waals surface area contributed by atoms with E-state index in [1.165, 1.54) is 0 Å². The van der Waals surface area contributed by atoms with Crippen molar-refractivity contribution < 1.29 is 23.8 Å². The number of carbonyl (C=O) groups excluding carboxylic acids is 2. The van der Waals surface area contributed by atoms with E-state index in [2.05, 4.69) is 5.32 Å². The van der Waals surface area contributed by atoms with Crippen molar-refractivity contribution in [1.82, 2.24) is 0 Å². The van der Waals surface area contributed by atoms with Gasteiger partial charge in [0.15, 0.2) is 13.2 Å². The average Bonchev–Trinajstić information content (AvgIpc) is 2.74. The highest BCUT2D eigenvalue weighted by Gasteiger charge is 2.09. The van der Waals surface area contributed by atoms with E-state index in [1.807, 2.05) is 30.3 Å². The lowest BCUT2D eigenvalue weighted by molar-refractivity contribution is -0.149. The Bertz CT molecular complexity index is 943. The van der Waals surface area contributed by atoms with Gasteiger partial charge in [0.1, 0.15) is 17.2 Å². The molecular weight excluding hydrogens is 394 g/mol. The molecule has 3 aromatic carbocycles. The molecule has 0 fully saturated rings. The van der Waals surface area contributed by atoms with Gasteiger partial charge in [-0.25, -0.2) is 4.79 Å². The van der Waals surface area contributed by atoms with Gasteiger partial charge in [-0.05, 0) is 60.7 Å². The van der Waals surface area contributed by atoms with Crippen molar-refractivity contribution >= 4 is 29.2 Å². The fourth-order valence-electron chi connectivity index (χ4n) is 2.29. The molecule has 29 heavy (non-hydrogen) atoms. The molecule has 0 unspecified atom stereocenters. The first kappa shape index (κ1) is 20.2. The number of halogens is 1. The van der Waals surface area contributed by atoms with Crippen LogP contribution in [0.2, 0.25) is 5.02 Å². The smallest absolute Gasteiger partial charge is 0.344 e. The highest BCUT2D eigenvalue weighted by Crippen LogP contribution is 2.22. The predicted octanol–water partition coefficient (Wildman–Crippen LogP) is 4.69. The molecule has 0 bridgehead atoms. The van der Waals surface area contributed by atoms with E-state index >= 15 is 0 Å². The summed E-state index contributed by atoms with van der Waals surface area (Å²) in [6.07, 6.45) is 0. The molecule has 0 aliphatic heterocycles. The van der Waals surface area contributed by atoms with Crippen molar-refractivity contribution in [3.05, 3.63) is 83.9 Å². The van der Waals surface area contributed by atoms with Crippen molar-refractivity contribution in [2.24, 2.45) is 0 Å². The number of hydrogen-bond acceptors (Lipinski definition) is 5. The Hall–Kier alpha value is -3.51. The molecule has 0 aliphatic rings. The van der Waals surface area contributed by atoms with E-state index < -0.39 is 18.5 Å². The van der Waals surface area contributed by atoms with Gasteiger partial charge in [0.05, 0.1) is 0 Å². The number of nitrogens with one attached hydrogen (secondary N) is 1. The van der Waals surface area contributed by atoms with Crippen LogP contribution >= 0.6 is 11.6 Å². The predicted molar refractivity (Wildman–Crippen MR) is 109 cm³/mol. The van der Waals surface area contributed by atoms with Gasteiger partial charge in [-0.2, -0.15) is 0 Å². The van der Waals surface area contributed by atoms with Crippen LogP contribution in [0.25, 0.3) is 0 Å². The zero-order valence-electron chi connectivity index (χ0n) is 15.3. The number of carbonyl (C=O) groups is 2. The third-order valence-electron chi connectivity index (χ3n) is 3.65. The summed E-state index contributed by atoms with van der Waals surface area (Å²) in [6, 6.07) is 22.8. The van der Waals surface area contributed by atoms with Crippen LogP contribution in [0.1, 0.15) is 0 Å². The maximum atomic E-state index is 11.9. The van der Waals surface area contributed by atoms with Gasteiger partial charge in [0.25, 0.3) is 5.91 Å². The third-order valence-corrected chi connectivity index (χ3v) is 3.90. The minimum atomic E-state index is -0.651. The van der Waals surface area contributed by atoms with Gasteiger partial charge < -0.3 is 19.5 Å². The summed E-state index contributed by atoms with van der Waals surface area (Å²) in [5.74, 6) is 0.730. The third kappa shape index (κ3) is 6.86. The molecule has 0 atom stereocenters. The maximum Gasteiger partial charge on any atom is 0.344 e. The van der Waals surface area contributed by atoms with Crippen LogP contribution in [0.3, 0.4) is 0 Å². The first-order valence-electron chi connectivity index (χ1n) is 8.75. The van der Waals surface area contributed by atoms with Crippen LogP contribution in [0.15, 0.2) is 78.9 Å². The summed E-state index contributed by atoms with van der Waals surface area (Å²) in [4.78, 5) is 23.6. The molecule has 0 radical (unpaired) electrons. The van der Waals surface area contributed by atoms with E-state index in [0.29, 0.717) is 22.2 Å². The van der Waals surface area contributed by atoms with Crippen molar-refractivity contribution in [3.63, 3.8) is 0 Å². The average molecular weight is 412 g/mol. The Kier molecular flexibility index (Phi) is 7.08. The Balaban J connectivity index is 1.39. The maximum absolute atomic E-state index is 11.9. The molecule has 0 heterocycles. The molecule has 148 valence electrons. The second-order valence-corrected chi connectivity index (χ2v) is 6.33. The second-order valence-electron chi connectivity index (χ2n) is 5.89. The van der Waals surface area contributed by atoms with Crippen molar-refractivity contribution in [3.8, 4) is 17.2 Å². The van der Waals surface area contributed by atoms with Crippen molar-refractivity contribution in [2.75, 3.05) is 18.5 Å². The summed E-state index contributed by atoms with van der Waals surface area (Å²) < 4.78 is 15.8. The Morgan fingerprint density at radius 1 is 0.759 bits per heavy atom. The lowest BCUT2D eigenvalue weighted by atomic mass is 10.3. The number of anilines is 1. The SMILES string of the molecule is O=C(COC(=O)COc1ccc(Cl)cc1)Nc1ccc(Oc2ccccc2)cc1. The number of amides is 1. The Morgan fingerprint density at radius 3 is 2.07 bits per heavy atom. The largest absolute Gasteiger partial charge is 0.482 e. The number of benzene rings is 3. The molecule has 3 aromatic rings. The molecule has 0 aromatic heterocycles. The van der Waals surface area contributed by atoms with E-state index in [0.717, 1.165) is 5.75 Å². The fourth-order valence-corrected chi connectivity index (χ4v) is 2.41. The summed E-state index contributed by atoms with van der Waals surface area (Å²) >= 11 is 5.77. The quantitative estimate of drug-likeness (QED) is 0.544. The lowest BCUT2D eigenvalue weighted by Gasteiger charge is -2.09. The van der Waals surface area contributed by atoms with Gasteiger partial charge >= 0.3 is 5.97 Å². The van der Waals surface area contributed by atoms with Crippen LogP contribution in [0, 0.1) is 0 Å². The molecule has 3 rings (SSSR count). The van der Waals surface area contributed by atoms with Crippen LogP contribution in [-0.4, -0.2) is 25.1 Å². The minimum absolute atomic E-state index is 0.305. The van der Waals surface area contributed by atoms with Gasteiger partial charge in [-0.3, -0.25) is 4.79 Å². The topological polar surface area (TPSA) is 73.9 Å². The Morgan fingerprint density at radius 2 is 1.38 bits per heavy atom. The van der Waals surface area contributed by atoms with Gasteiger partial charge in [-0.15, -0.1) is 0 Å². The van der Waals surface area contributed by atoms with Crippen LogP contribution in [0.5, 0.6) is 17.2 Å². The minimum Gasteiger partial charge on any atom is -0.482 e. The highest BCUT2D eigenvalue weighted by atomic mass is 35.5. The summed E-state index contributed by atoms with van der Waals surface area (Å²) in [7, 11) is 0. The molecule has 1 N–H and O–H groups in total. The van der Waals surface area contributed by atoms with Crippen LogP contribution < -0.4 is 14.8 Å².